The minimum absolute atomic E-state index is 0.106. The Labute approximate surface area is 214 Å². The van der Waals surface area contributed by atoms with Crippen LogP contribution in [0.15, 0.2) is 36.4 Å². The van der Waals surface area contributed by atoms with E-state index in [1.54, 1.807) is 6.07 Å². The minimum Gasteiger partial charge on any atom is -0.356 e. The number of amides is 3. The highest BCUT2D eigenvalue weighted by molar-refractivity contribution is 7.19. The van der Waals surface area contributed by atoms with Crippen molar-refractivity contribution in [2.24, 2.45) is 5.41 Å². The SMILES string of the molecule is Cc1cc(-c2sc(NC(=O)N3CCC4(CCC(=O)NC4)CC3)nc2-c2cccc(C#N)c2)cc(C)n1. The van der Waals surface area contributed by atoms with Gasteiger partial charge in [0.05, 0.1) is 22.2 Å². The molecule has 36 heavy (non-hydrogen) atoms. The van der Waals surface area contributed by atoms with Crippen molar-refractivity contribution in [1.82, 2.24) is 20.2 Å². The van der Waals surface area contributed by atoms with Crippen LogP contribution in [-0.2, 0) is 4.79 Å². The van der Waals surface area contributed by atoms with Crippen LogP contribution < -0.4 is 10.6 Å². The maximum atomic E-state index is 13.2. The summed E-state index contributed by atoms with van der Waals surface area (Å²) >= 11 is 1.42. The number of pyridine rings is 1. The molecule has 5 rings (SSSR count). The summed E-state index contributed by atoms with van der Waals surface area (Å²) < 4.78 is 0. The maximum absolute atomic E-state index is 13.2. The van der Waals surface area contributed by atoms with E-state index >= 15 is 0 Å². The first-order valence-electron chi connectivity index (χ1n) is 12.1. The monoisotopic (exact) mass is 500 g/mol. The molecule has 2 N–H and O–H groups in total. The van der Waals surface area contributed by atoms with Crippen molar-refractivity contribution in [2.45, 2.75) is 39.5 Å². The van der Waals surface area contributed by atoms with Crippen molar-refractivity contribution in [3.8, 4) is 27.8 Å². The Hall–Kier alpha value is -3.77. The van der Waals surface area contributed by atoms with Gasteiger partial charge in [-0.15, -0.1) is 0 Å². The number of urea groups is 1. The van der Waals surface area contributed by atoms with Gasteiger partial charge >= 0.3 is 6.03 Å². The number of nitrogens with zero attached hydrogens (tertiary/aromatic N) is 4. The first-order valence-corrected chi connectivity index (χ1v) is 13.0. The van der Waals surface area contributed by atoms with Crippen molar-refractivity contribution in [2.75, 3.05) is 25.0 Å². The van der Waals surface area contributed by atoms with Gasteiger partial charge in [0, 0.05) is 43.0 Å². The molecule has 2 aromatic heterocycles. The van der Waals surface area contributed by atoms with Gasteiger partial charge in [0.1, 0.15) is 0 Å². The van der Waals surface area contributed by atoms with Crippen LogP contribution in [0.1, 0.15) is 42.6 Å². The number of thiazole rings is 1. The number of aryl methyl sites for hydroxylation is 2. The Morgan fingerprint density at radius 2 is 1.86 bits per heavy atom. The van der Waals surface area contributed by atoms with Crippen LogP contribution in [0, 0.1) is 30.6 Å². The zero-order valence-electron chi connectivity index (χ0n) is 20.4. The van der Waals surface area contributed by atoms with Crippen LogP contribution in [0.25, 0.3) is 21.7 Å². The van der Waals surface area contributed by atoms with Crippen LogP contribution in [-0.4, -0.2) is 46.4 Å². The molecule has 3 aromatic rings. The smallest absolute Gasteiger partial charge is 0.323 e. The molecular formula is C27H28N6O2S. The summed E-state index contributed by atoms with van der Waals surface area (Å²) in [6.45, 7) is 5.92. The van der Waals surface area contributed by atoms with E-state index in [-0.39, 0.29) is 17.4 Å². The Bertz CT molecular complexity index is 1330. The predicted octanol–water partition coefficient (Wildman–Crippen LogP) is 4.88. The second-order valence-corrected chi connectivity index (χ2v) is 10.7. The van der Waals surface area contributed by atoms with Gasteiger partial charge in [-0.05, 0) is 68.4 Å². The van der Waals surface area contributed by atoms with Crippen molar-refractivity contribution in [3.63, 3.8) is 0 Å². The minimum atomic E-state index is -0.163. The van der Waals surface area contributed by atoms with Crippen molar-refractivity contribution in [1.29, 1.82) is 5.26 Å². The summed E-state index contributed by atoms with van der Waals surface area (Å²) in [5.41, 5.74) is 5.01. The maximum Gasteiger partial charge on any atom is 0.323 e. The van der Waals surface area contributed by atoms with E-state index in [1.807, 2.05) is 49.1 Å². The van der Waals surface area contributed by atoms with E-state index in [9.17, 15) is 14.9 Å². The first kappa shape index (κ1) is 23.9. The summed E-state index contributed by atoms with van der Waals surface area (Å²) in [5.74, 6) is 0.121. The quantitative estimate of drug-likeness (QED) is 0.532. The van der Waals surface area contributed by atoms with Gasteiger partial charge in [-0.1, -0.05) is 23.5 Å². The van der Waals surface area contributed by atoms with Gasteiger partial charge in [0.2, 0.25) is 5.91 Å². The number of nitriles is 1. The van der Waals surface area contributed by atoms with E-state index in [0.29, 0.717) is 36.8 Å². The van der Waals surface area contributed by atoms with Gasteiger partial charge < -0.3 is 10.2 Å². The van der Waals surface area contributed by atoms with Gasteiger partial charge in [-0.3, -0.25) is 15.1 Å². The normalized spacial score (nSPS) is 16.9. The lowest BCUT2D eigenvalue weighted by Gasteiger charge is -2.43. The van der Waals surface area contributed by atoms with Crippen LogP contribution >= 0.6 is 11.3 Å². The lowest BCUT2D eigenvalue weighted by molar-refractivity contribution is -0.125. The predicted molar refractivity (Wildman–Crippen MR) is 139 cm³/mol. The summed E-state index contributed by atoms with van der Waals surface area (Å²) in [4.78, 5) is 36.8. The molecule has 0 aliphatic carbocycles. The molecule has 0 bridgehead atoms. The third-order valence-corrected chi connectivity index (χ3v) is 8.12. The Kier molecular flexibility index (Phi) is 6.46. The molecule has 184 valence electrons. The lowest BCUT2D eigenvalue weighted by Crippen LogP contribution is -2.51. The second kappa shape index (κ2) is 9.70. The topological polar surface area (TPSA) is 111 Å². The molecule has 0 radical (unpaired) electrons. The fraction of sp³-hybridized carbons (Fsp3) is 0.370. The Morgan fingerprint density at radius 3 is 2.53 bits per heavy atom. The molecule has 8 nitrogen and oxygen atoms in total. The fourth-order valence-corrected chi connectivity index (χ4v) is 6.05. The average molecular weight is 501 g/mol. The highest BCUT2D eigenvalue weighted by Gasteiger charge is 2.38. The second-order valence-electron chi connectivity index (χ2n) is 9.72. The molecule has 2 aliphatic heterocycles. The molecule has 2 aliphatic rings. The van der Waals surface area contributed by atoms with E-state index < -0.39 is 0 Å². The molecule has 2 fully saturated rings. The van der Waals surface area contributed by atoms with E-state index in [1.165, 1.54) is 11.3 Å². The number of likely N-dealkylation sites (tertiary alicyclic amines) is 1. The third kappa shape index (κ3) is 4.95. The highest BCUT2D eigenvalue weighted by Crippen LogP contribution is 2.41. The summed E-state index contributed by atoms with van der Waals surface area (Å²) in [5, 5.41) is 15.9. The van der Waals surface area contributed by atoms with Gasteiger partial charge in [-0.2, -0.15) is 5.26 Å². The van der Waals surface area contributed by atoms with Crippen LogP contribution in [0.4, 0.5) is 9.93 Å². The number of rotatable bonds is 3. The van der Waals surface area contributed by atoms with Gasteiger partial charge in [-0.25, -0.2) is 9.78 Å². The summed E-state index contributed by atoms with van der Waals surface area (Å²) in [6.07, 6.45) is 3.22. The molecule has 9 heteroatoms. The number of benzene rings is 1. The number of aromatic nitrogens is 2. The molecule has 3 amide bonds. The van der Waals surface area contributed by atoms with Gasteiger partial charge in [0.15, 0.2) is 5.13 Å². The van der Waals surface area contributed by atoms with Crippen LogP contribution in [0.2, 0.25) is 0 Å². The lowest BCUT2D eigenvalue weighted by atomic mass is 9.73. The van der Waals surface area contributed by atoms with Crippen molar-refractivity contribution < 1.29 is 9.59 Å². The largest absolute Gasteiger partial charge is 0.356 e. The molecule has 4 heterocycles. The van der Waals surface area contributed by atoms with Crippen molar-refractivity contribution in [3.05, 3.63) is 53.3 Å². The molecule has 0 unspecified atom stereocenters. The molecule has 2 saturated heterocycles. The van der Waals surface area contributed by atoms with E-state index in [4.69, 9.17) is 4.98 Å². The number of nitrogens with one attached hydrogen (secondary N) is 2. The molecule has 1 aromatic carbocycles. The van der Waals surface area contributed by atoms with E-state index in [2.05, 4.69) is 21.7 Å². The third-order valence-electron chi connectivity index (χ3n) is 7.10. The highest BCUT2D eigenvalue weighted by atomic mass is 32.1. The standard InChI is InChI=1S/C27H28N6O2S/c1-17-12-21(13-18(2)30-17)24-23(20-5-3-4-19(14-20)15-28)31-25(36-24)32-26(35)33-10-8-27(9-11-33)7-6-22(34)29-16-27/h3-5,12-14H,6-11,16H2,1-2H3,(H,29,34)(H,31,32,35). The molecule has 0 atom stereocenters. The van der Waals surface area contributed by atoms with Crippen molar-refractivity contribution >= 4 is 28.4 Å². The number of carbonyl (C=O) groups is 2. The Morgan fingerprint density at radius 1 is 1.11 bits per heavy atom. The number of anilines is 1. The fourth-order valence-electron chi connectivity index (χ4n) is 5.09. The molecular weight excluding hydrogens is 472 g/mol. The first-order chi connectivity index (χ1) is 17.3. The number of hydrogen-bond acceptors (Lipinski definition) is 6. The molecule has 0 saturated carbocycles. The van der Waals surface area contributed by atoms with Crippen LogP contribution in [0.5, 0.6) is 0 Å². The Balaban J connectivity index is 1.39. The van der Waals surface area contributed by atoms with E-state index in [0.717, 1.165) is 52.3 Å². The van der Waals surface area contributed by atoms with Gasteiger partial charge in [0.25, 0.3) is 0 Å². The number of hydrogen-bond donors (Lipinski definition) is 2. The molecule has 1 spiro atoms. The number of carbonyl (C=O) groups excluding carboxylic acids is 2. The zero-order valence-corrected chi connectivity index (χ0v) is 21.2. The average Bonchev–Trinajstić information content (AvgIpc) is 3.30. The zero-order chi connectivity index (χ0) is 25.3. The summed E-state index contributed by atoms with van der Waals surface area (Å²) in [7, 11) is 0. The number of piperidine rings is 2. The summed E-state index contributed by atoms with van der Waals surface area (Å²) in [6, 6.07) is 13.4. The van der Waals surface area contributed by atoms with Crippen LogP contribution in [0.3, 0.4) is 0 Å².